The summed E-state index contributed by atoms with van der Waals surface area (Å²) in [6, 6.07) is 23.4. The van der Waals surface area contributed by atoms with Crippen molar-refractivity contribution in [1.29, 1.82) is 0 Å². The van der Waals surface area contributed by atoms with E-state index in [0.29, 0.717) is 59.5 Å². The first-order valence-corrected chi connectivity index (χ1v) is 21.5. The van der Waals surface area contributed by atoms with E-state index in [0.717, 1.165) is 82.6 Å². The molecule has 4 aromatic heterocycles. The Morgan fingerprint density at radius 2 is 1.05 bits per heavy atom. The van der Waals surface area contributed by atoms with Gasteiger partial charge in [0.25, 0.3) is 0 Å². The van der Waals surface area contributed by atoms with Gasteiger partial charge in [-0.3, -0.25) is 24.4 Å². The SMILES string of the molecule is C.C.CC(=O)c1ccc(Cc2ncc(Cl)c(CCc3ccccc3C3(C(N)=O)CC3)n2)cn1.CC(N)c1ccc(Cc2ncc(Cl)c(CCc3ccccc3C3(C(N)=O)CC3)n2)cn1. The fraction of sp³-hybridized carbons (Fsp3) is 0.340. The minimum absolute atomic E-state index is 0. The van der Waals surface area contributed by atoms with Gasteiger partial charge in [-0.25, -0.2) is 19.9 Å². The van der Waals surface area contributed by atoms with Crippen LogP contribution < -0.4 is 17.2 Å². The fourth-order valence-corrected chi connectivity index (χ4v) is 8.16. The van der Waals surface area contributed by atoms with Crippen molar-refractivity contribution in [1.82, 2.24) is 29.9 Å². The summed E-state index contributed by atoms with van der Waals surface area (Å²) in [6.45, 7) is 3.40. The van der Waals surface area contributed by atoms with Crippen LogP contribution in [0.4, 0.5) is 0 Å². The van der Waals surface area contributed by atoms with Crippen LogP contribution in [0.5, 0.6) is 0 Å². The number of ketones is 1. The number of aromatic nitrogens is 6. The molecule has 2 aliphatic carbocycles. The first kappa shape index (κ1) is 49.1. The predicted octanol–water partition coefficient (Wildman–Crippen LogP) is 8.33. The van der Waals surface area contributed by atoms with Gasteiger partial charge in [0.2, 0.25) is 11.8 Å². The molecule has 6 N–H and O–H groups in total. The van der Waals surface area contributed by atoms with Crippen LogP contribution in [0.2, 0.25) is 10.0 Å². The number of aryl methyl sites for hydroxylation is 4. The lowest BCUT2D eigenvalue weighted by molar-refractivity contribution is -0.121. The topological polar surface area (TPSA) is 207 Å². The van der Waals surface area contributed by atoms with Crippen molar-refractivity contribution in [2.75, 3.05) is 0 Å². The van der Waals surface area contributed by atoms with Crippen LogP contribution in [0.25, 0.3) is 0 Å². The molecule has 4 heterocycles. The van der Waals surface area contributed by atoms with E-state index in [1.807, 2.05) is 73.8 Å². The number of carbonyl (C=O) groups is 3. The average Bonchev–Trinajstić information content (AvgIpc) is 4.21. The summed E-state index contributed by atoms with van der Waals surface area (Å²) in [7, 11) is 0. The summed E-state index contributed by atoms with van der Waals surface area (Å²) in [4.78, 5) is 62.0. The Bertz CT molecular complexity index is 2590. The molecular weight excluding hydrogens is 846 g/mol. The Morgan fingerprint density at radius 3 is 1.41 bits per heavy atom. The van der Waals surface area contributed by atoms with E-state index in [1.54, 1.807) is 24.7 Å². The van der Waals surface area contributed by atoms with Gasteiger partial charge in [0.05, 0.1) is 38.0 Å². The lowest BCUT2D eigenvalue weighted by atomic mass is 9.88. The summed E-state index contributed by atoms with van der Waals surface area (Å²) in [5, 5.41) is 1.06. The summed E-state index contributed by atoms with van der Waals surface area (Å²) in [5.41, 5.74) is 25.3. The number of rotatable bonds is 16. The molecule has 2 fully saturated rings. The molecule has 1 unspecified atom stereocenters. The molecule has 0 saturated heterocycles. The van der Waals surface area contributed by atoms with Gasteiger partial charge in [-0.15, -0.1) is 0 Å². The van der Waals surface area contributed by atoms with Crippen LogP contribution in [0.1, 0.15) is 133 Å². The highest BCUT2D eigenvalue weighted by molar-refractivity contribution is 6.31. The molecular formula is C50H57Cl2N9O3. The predicted molar refractivity (Wildman–Crippen MR) is 252 cm³/mol. The maximum Gasteiger partial charge on any atom is 0.228 e. The summed E-state index contributed by atoms with van der Waals surface area (Å²) in [5.74, 6) is 0.763. The number of carbonyl (C=O) groups excluding carboxylic acids is 3. The minimum Gasteiger partial charge on any atom is -0.369 e. The molecule has 2 aromatic carbocycles. The maximum atomic E-state index is 12.0. The van der Waals surface area contributed by atoms with Crippen molar-refractivity contribution in [3.63, 3.8) is 0 Å². The smallest absolute Gasteiger partial charge is 0.228 e. The molecule has 8 rings (SSSR count). The van der Waals surface area contributed by atoms with Gasteiger partial charge in [0.1, 0.15) is 17.3 Å². The molecule has 1 atom stereocenters. The lowest BCUT2D eigenvalue weighted by Crippen LogP contribution is -2.29. The van der Waals surface area contributed by atoms with Gasteiger partial charge in [0, 0.05) is 50.6 Å². The maximum absolute atomic E-state index is 12.0. The molecule has 6 aromatic rings. The van der Waals surface area contributed by atoms with Crippen molar-refractivity contribution < 1.29 is 14.4 Å². The third-order valence-corrected chi connectivity index (χ3v) is 12.4. The molecule has 2 aliphatic rings. The second kappa shape index (κ2) is 21.2. The van der Waals surface area contributed by atoms with Crippen LogP contribution >= 0.6 is 23.2 Å². The number of hydrogen-bond donors (Lipinski definition) is 3. The van der Waals surface area contributed by atoms with E-state index in [-0.39, 0.29) is 38.5 Å². The number of benzene rings is 2. The number of halogens is 2. The van der Waals surface area contributed by atoms with E-state index >= 15 is 0 Å². The van der Waals surface area contributed by atoms with Gasteiger partial charge < -0.3 is 17.2 Å². The van der Waals surface area contributed by atoms with Crippen molar-refractivity contribution in [3.05, 3.63) is 175 Å². The van der Waals surface area contributed by atoms with E-state index in [4.69, 9.17) is 45.4 Å². The molecule has 0 spiro atoms. The quantitative estimate of drug-likeness (QED) is 0.0792. The number of primary amides is 2. The zero-order valence-electron chi connectivity index (χ0n) is 34.8. The van der Waals surface area contributed by atoms with Gasteiger partial charge >= 0.3 is 0 Å². The van der Waals surface area contributed by atoms with Crippen molar-refractivity contribution in [3.8, 4) is 0 Å². The molecule has 0 radical (unpaired) electrons. The number of Topliss-reactive ketones (excluding diaryl/α,β-unsaturated/α-hetero) is 1. The minimum atomic E-state index is -0.518. The Kier molecular flexibility index (Phi) is 16.2. The third-order valence-electron chi connectivity index (χ3n) is 11.7. The standard InChI is InChI=1S/C24H26ClN5O.C24H23ClN4O2.2CH4/c1-15(26)20-8-6-16(13-28-20)12-22-29-14-19(25)21(30-22)9-7-17-4-2-3-5-18(17)24(10-11-24)23(27)31;1-15(30)20-8-6-16(13-27-20)12-22-28-14-19(25)21(29-22)9-7-17-4-2-3-5-18(17)24(10-11-24)23(26)31;;/h2-6,8,13-15H,7,9-12,26H2,1H3,(H2,27,31);2-6,8,13-14H,7,9-12H2,1H3,(H2,26,31);2*1H4. The molecule has 64 heavy (non-hydrogen) atoms. The second-order valence-electron chi connectivity index (χ2n) is 16.2. The highest BCUT2D eigenvalue weighted by Gasteiger charge is 2.51. The van der Waals surface area contributed by atoms with E-state index in [9.17, 15) is 14.4 Å². The van der Waals surface area contributed by atoms with E-state index < -0.39 is 10.8 Å². The van der Waals surface area contributed by atoms with Gasteiger partial charge in [-0.1, -0.05) is 98.7 Å². The van der Waals surface area contributed by atoms with E-state index in [2.05, 4.69) is 31.0 Å². The van der Waals surface area contributed by atoms with Gasteiger partial charge in [0.15, 0.2) is 5.78 Å². The van der Waals surface area contributed by atoms with Crippen LogP contribution in [-0.2, 0) is 58.9 Å². The number of pyridine rings is 2. The zero-order valence-corrected chi connectivity index (χ0v) is 36.3. The summed E-state index contributed by atoms with van der Waals surface area (Å²) < 4.78 is 0. The number of amides is 2. The first-order chi connectivity index (χ1) is 29.8. The molecule has 2 saturated carbocycles. The average molecular weight is 903 g/mol. The van der Waals surface area contributed by atoms with Crippen molar-refractivity contribution in [2.24, 2.45) is 17.2 Å². The Hall–Kier alpha value is -5.95. The zero-order chi connectivity index (χ0) is 44.0. The lowest BCUT2D eigenvalue weighted by Gasteiger charge is -2.16. The second-order valence-corrected chi connectivity index (χ2v) is 17.0. The molecule has 334 valence electrons. The fourth-order valence-electron chi connectivity index (χ4n) is 7.78. The third kappa shape index (κ3) is 11.4. The molecule has 0 bridgehead atoms. The monoisotopic (exact) mass is 901 g/mol. The largest absolute Gasteiger partial charge is 0.369 e. The highest BCUT2D eigenvalue weighted by Crippen LogP contribution is 2.50. The Labute approximate surface area is 385 Å². The molecule has 0 aliphatic heterocycles. The molecule has 14 heteroatoms. The van der Waals surface area contributed by atoms with Crippen LogP contribution in [0.15, 0.2) is 97.6 Å². The highest BCUT2D eigenvalue weighted by atomic mass is 35.5. The number of nitrogens with zero attached hydrogens (tertiary/aromatic N) is 6. The number of nitrogens with two attached hydrogens (primary N) is 3. The normalized spacial score (nSPS) is 14.4. The molecule has 2 amide bonds. The van der Waals surface area contributed by atoms with Crippen molar-refractivity contribution >= 4 is 40.8 Å². The summed E-state index contributed by atoms with van der Waals surface area (Å²) in [6.07, 6.45) is 13.8. The summed E-state index contributed by atoms with van der Waals surface area (Å²) >= 11 is 12.8. The van der Waals surface area contributed by atoms with E-state index in [1.165, 1.54) is 6.92 Å². The Balaban J connectivity index is 0.000000234. The Morgan fingerprint density at radius 1 is 0.609 bits per heavy atom. The molecule has 12 nitrogen and oxygen atoms in total. The van der Waals surface area contributed by atoms with Gasteiger partial charge in [-0.2, -0.15) is 0 Å². The van der Waals surface area contributed by atoms with Crippen molar-refractivity contribution in [2.45, 2.75) is 110 Å². The van der Waals surface area contributed by atoms with Crippen LogP contribution in [-0.4, -0.2) is 47.5 Å². The van der Waals surface area contributed by atoms with Crippen LogP contribution in [0, 0.1) is 0 Å². The van der Waals surface area contributed by atoms with Gasteiger partial charge in [-0.05, 0) is 104 Å². The van der Waals surface area contributed by atoms with Crippen LogP contribution in [0.3, 0.4) is 0 Å². The number of hydrogen-bond acceptors (Lipinski definition) is 10. The first-order valence-electron chi connectivity index (χ1n) is 20.7.